The molecule has 0 aliphatic carbocycles. The van der Waals surface area contributed by atoms with Gasteiger partial charge in [0, 0.05) is 28.8 Å². The Hall–Kier alpha value is -1.78. The van der Waals surface area contributed by atoms with Gasteiger partial charge in [-0.2, -0.15) is 0 Å². The topological polar surface area (TPSA) is 47.6 Å². The Balaban J connectivity index is 1.80. The van der Waals surface area contributed by atoms with E-state index in [1.54, 1.807) is 0 Å². The summed E-state index contributed by atoms with van der Waals surface area (Å²) in [5, 5.41) is 5.76. The van der Waals surface area contributed by atoms with E-state index < -0.39 is 0 Å². The lowest BCUT2D eigenvalue weighted by Crippen LogP contribution is -2.31. The molecule has 3 rings (SSSR count). The molecule has 2 unspecified atom stereocenters. The van der Waals surface area contributed by atoms with Gasteiger partial charge < -0.3 is 14.8 Å². The third kappa shape index (κ3) is 2.82. The summed E-state index contributed by atoms with van der Waals surface area (Å²) in [6.07, 6.45) is 0.544. The Bertz CT molecular complexity index is 674. The fourth-order valence-electron chi connectivity index (χ4n) is 2.63. The van der Waals surface area contributed by atoms with Crippen molar-refractivity contribution in [3.8, 4) is 5.75 Å². The van der Waals surface area contributed by atoms with Gasteiger partial charge in [0.1, 0.15) is 17.9 Å². The third-order valence-corrected chi connectivity index (χ3v) is 4.03. The molecule has 1 N–H and O–H groups in total. The molecule has 1 fully saturated rings. The normalized spacial score (nSPS) is 21.4. The lowest BCUT2D eigenvalue weighted by Gasteiger charge is -2.15. The fourth-order valence-corrected chi connectivity index (χ4v) is 2.86. The molecule has 5 heteroatoms. The van der Waals surface area contributed by atoms with Crippen LogP contribution in [-0.2, 0) is 9.53 Å². The molecule has 0 amide bonds. The molecule has 0 aromatic heterocycles. The molecular weight excluding hydrogens is 290 g/mol. The Labute approximate surface area is 128 Å². The molecule has 1 saturated heterocycles. The maximum atomic E-state index is 11.5. The van der Waals surface area contributed by atoms with Crippen molar-refractivity contribution in [2.24, 2.45) is 0 Å². The highest BCUT2D eigenvalue weighted by molar-refractivity contribution is 6.35. The van der Waals surface area contributed by atoms with E-state index in [2.05, 4.69) is 5.32 Å². The maximum absolute atomic E-state index is 11.5. The lowest BCUT2D eigenvalue weighted by atomic mass is 10.1. The quantitative estimate of drug-likeness (QED) is 0.886. The number of benzene rings is 2. The van der Waals surface area contributed by atoms with Gasteiger partial charge in [-0.3, -0.25) is 4.79 Å². The van der Waals surface area contributed by atoms with Crippen LogP contribution in [0.2, 0.25) is 5.02 Å². The van der Waals surface area contributed by atoms with Gasteiger partial charge in [0.15, 0.2) is 0 Å². The third-order valence-electron chi connectivity index (χ3n) is 3.70. The van der Waals surface area contributed by atoms with E-state index in [0.29, 0.717) is 18.0 Å². The van der Waals surface area contributed by atoms with Gasteiger partial charge in [-0.25, -0.2) is 0 Å². The number of hydrogen-bond donors (Lipinski definition) is 1. The second kappa shape index (κ2) is 5.92. The summed E-state index contributed by atoms with van der Waals surface area (Å²) in [5.41, 5.74) is 0. The van der Waals surface area contributed by atoms with Gasteiger partial charge in [-0.15, -0.1) is 0 Å². The van der Waals surface area contributed by atoms with Crippen molar-refractivity contribution >= 4 is 28.3 Å². The average Bonchev–Trinajstić information content (AvgIpc) is 2.98. The summed E-state index contributed by atoms with van der Waals surface area (Å²) in [5.74, 6) is 0.536. The number of carbonyl (C=O) groups excluding carboxylic acids is 1. The highest BCUT2D eigenvalue weighted by atomic mass is 35.5. The van der Waals surface area contributed by atoms with E-state index in [0.717, 1.165) is 16.5 Å². The van der Waals surface area contributed by atoms with Crippen molar-refractivity contribution in [3.05, 3.63) is 41.4 Å². The summed E-state index contributed by atoms with van der Waals surface area (Å²) in [4.78, 5) is 11.5. The van der Waals surface area contributed by atoms with Crippen LogP contribution >= 0.6 is 11.6 Å². The molecule has 2 aromatic rings. The molecule has 4 nitrogen and oxygen atoms in total. The van der Waals surface area contributed by atoms with Crippen LogP contribution in [0.5, 0.6) is 5.75 Å². The number of halogens is 1. The number of ether oxygens (including phenoxy) is 2. The molecule has 1 aliphatic heterocycles. The SMILES string of the molecule is COC(=O)C1CC(Oc2ccc(Cl)c3ccccc23)CN1. The predicted octanol–water partition coefficient (Wildman–Crippen LogP) is 2.78. The molecule has 0 saturated carbocycles. The zero-order valence-corrected chi connectivity index (χ0v) is 12.4. The molecule has 0 spiro atoms. The second-order valence-electron chi connectivity index (χ2n) is 5.05. The van der Waals surface area contributed by atoms with Gasteiger partial charge in [0.05, 0.1) is 7.11 Å². The Morgan fingerprint density at radius 2 is 2.00 bits per heavy atom. The minimum absolute atomic E-state index is 0.0568. The Morgan fingerprint density at radius 1 is 1.24 bits per heavy atom. The van der Waals surface area contributed by atoms with Crippen molar-refractivity contribution in [2.45, 2.75) is 18.6 Å². The minimum atomic E-state index is -0.293. The summed E-state index contributed by atoms with van der Waals surface area (Å²) < 4.78 is 10.8. The van der Waals surface area contributed by atoms with Crippen molar-refractivity contribution in [1.82, 2.24) is 5.32 Å². The van der Waals surface area contributed by atoms with E-state index in [1.807, 2.05) is 36.4 Å². The zero-order valence-electron chi connectivity index (χ0n) is 11.6. The number of fused-ring (bicyclic) bond motifs is 1. The first-order valence-corrected chi connectivity index (χ1v) is 7.22. The predicted molar refractivity (Wildman–Crippen MR) is 81.8 cm³/mol. The van der Waals surface area contributed by atoms with Crippen molar-refractivity contribution in [2.75, 3.05) is 13.7 Å². The van der Waals surface area contributed by atoms with E-state index in [1.165, 1.54) is 7.11 Å². The molecule has 0 radical (unpaired) electrons. The molecule has 1 heterocycles. The first kappa shape index (κ1) is 14.2. The number of carbonyl (C=O) groups is 1. The number of nitrogens with one attached hydrogen (secondary N) is 1. The van der Waals surface area contributed by atoms with Crippen LogP contribution in [0, 0.1) is 0 Å². The second-order valence-corrected chi connectivity index (χ2v) is 5.46. The Morgan fingerprint density at radius 3 is 2.76 bits per heavy atom. The van der Waals surface area contributed by atoms with Gasteiger partial charge in [-0.1, -0.05) is 35.9 Å². The van der Waals surface area contributed by atoms with E-state index in [9.17, 15) is 4.79 Å². The van der Waals surface area contributed by atoms with Crippen LogP contribution < -0.4 is 10.1 Å². The molecule has 21 heavy (non-hydrogen) atoms. The van der Waals surface area contributed by atoms with Crippen LogP contribution in [0.25, 0.3) is 10.8 Å². The molecule has 2 aromatic carbocycles. The van der Waals surface area contributed by atoms with Crippen molar-refractivity contribution < 1.29 is 14.3 Å². The number of hydrogen-bond acceptors (Lipinski definition) is 4. The zero-order chi connectivity index (χ0) is 14.8. The first-order valence-electron chi connectivity index (χ1n) is 6.84. The summed E-state index contributed by atoms with van der Waals surface area (Å²) in [6.45, 7) is 0.622. The van der Waals surface area contributed by atoms with Gasteiger partial charge in [0.2, 0.25) is 0 Å². The van der Waals surface area contributed by atoms with Crippen LogP contribution in [0.4, 0.5) is 0 Å². The highest BCUT2D eigenvalue weighted by Gasteiger charge is 2.31. The van der Waals surface area contributed by atoms with Gasteiger partial charge in [-0.05, 0) is 12.1 Å². The first-order chi connectivity index (χ1) is 10.2. The molecule has 110 valence electrons. The standard InChI is InChI=1S/C16H16ClNO3/c1-20-16(19)14-8-10(9-18-14)21-15-7-6-13(17)11-4-2-3-5-12(11)15/h2-7,10,14,18H,8-9H2,1H3. The molecule has 1 aliphatic rings. The van der Waals surface area contributed by atoms with E-state index >= 15 is 0 Å². The van der Waals surface area contributed by atoms with Crippen molar-refractivity contribution in [3.63, 3.8) is 0 Å². The fraction of sp³-hybridized carbons (Fsp3) is 0.312. The summed E-state index contributed by atoms with van der Waals surface area (Å²) >= 11 is 6.20. The maximum Gasteiger partial charge on any atom is 0.323 e. The van der Waals surface area contributed by atoms with Gasteiger partial charge >= 0.3 is 5.97 Å². The molecule has 2 atom stereocenters. The van der Waals surface area contributed by atoms with Crippen LogP contribution in [-0.4, -0.2) is 31.8 Å². The van der Waals surface area contributed by atoms with Crippen LogP contribution in [0.3, 0.4) is 0 Å². The number of methoxy groups -OCH3 is 1. The smallest absolute Gasteiger partial charge is 0.323 e. The van der Waals surface area contributed by atoms with E-state index in [4.69, 9.17) is 21.1 Å². The largest absolute Gasteiger partial charge is 0.488 e. The average molecular weight is 306 g/mol. The molecular formula is C16H16ClNO3. The van der Waals surface area contributed by atoms with E-state index in [-0.39, 0.29) is 18.1 Å². The highest BCUT2D eigenvalue weighted by Crippen LogP contribution is 2.32. The lowest BCUT2D eigenvalue weighted by molar-refractivity contribution is -0.142. The summed E-state index contributed by atoms with van der Waals surface area (Å²) in [6, 6.07) is 11.3. The Kier molecular flexibility index (Phi) is 3.99. The summed E-state index contributed by atoms with van der Waals surface area (Å²) in [7, 11) is 1.39. The number of esters is 1. The van der Waals surface area contributed by atoms with Crippen LogP contribution in [0.1, 0.15) is 6.42 Å². The monoisotopic (exact) mass is 305 g/mol. The van der Waals surface area contributed by atoms with Crippen molar-refractivity contribution in [1.29, 1.82) is 0 Å². The molecule has 0 bridgehead atoms. The van der Waals surface area contributed by atoms with Crippen LogP contribution in [0.15, 0.2) is 36.4 Å². The van der Waals surface area contributed by atoms with Gasteiger partial charge in [0.25, 0.3) is 0 Å². The minimum Gasteiger partial charge on any atom is -0.488 e. The number of rotatable bonds is 3.